The summed E-state index contributed by atoms with van der Waals surface area (Å²) in [7, 11) is 0. The van der Waals surface area contributed by atoms with E-state index in [0.29, 0.717) is 5.56 Å². The van der Waals surface area contributed by atoms with Gasteiger partial charge >= 0.3 is 0 Å². The number of hydrogen-bond acceptors (Lipinski definition) is 3. The summed E-state index contributed by atoms with van der Waals surface area (Å²) >= 11 is 0. The van der Waals surface area contributed by atoms with E-state index in [2.05, 4.69) is 22.2 Å². The first-order chi connectivity index (χ1) is 10.6. The van der Waals surface area contributed by atoms with Crippen LogP contribution in [0.2, 0.25) is 0 Å². The molecule has 0 fully saturated rings. The van der Waals surface area contributed by atoms with Crippen molar-refractivity contribution >= 4 is 5.91 Å². The van der Waals surface area contributed by atoms with E-state index in [-0.39, 0.29) is 11.9 Å². The van der Waals surface area contributed by atoms with Crippen LogP contribution in [0.5, 0.6) is 0 Å². The third-order valence-electron chi connectivity index (χ3n) is 3.58. The van der Waals surface area contributed by atoms with Crippen LogP contribution in [0.4, 0.5) is 0 Å². The van der Waals surface area contributed by atoms with Gasteiger partial charge in [0.2, 0.25) is 0 Å². The SMILES string of the molecule is CCCCC(NC(=O)c1cc(C)nc(C)c1)c1cccnc1. The number of pyridine rings is 2. The molecule has 0 aromatic carbocycles. The van der Waals surface area contributed by atoms with Crippen molar-refractivity contribution in [3.05, 3.63) is 59.2 Å². The van der Waals surface area contributed by atoms with Crippen molar-refractivity contribution in [3.8, 4) is 0 Å². The van der Waals surface area contributed by atoms with E-state index >= 15 is 0 Å². The Morgan fingerprint density at radius 2 is 2.00 bits per heavy atom. The monoisotopic (exact) mass is 297 g/mol. The Morgan fingerprint density at radius 3 is 2.59 bits per heavy atom. The van der Waals surface area contributed by atoms with Gasteiger partial charge in [-0.3, -0.25) is 14.8 Å². The number of carbonyl (C=O) groups is 1. The predicted octanol–water partition coefficient (Wildman–Crippen LogP) is 3.75. The summed E-state index contributed by atoms with van der Waals surface area (Å²) in [6.07, 6.45) is 6.65. The van der Waals surface area contributed by atoms with E-state index in [0.717, 1.165) is 36.2 Å². The Hall–Kier alpha value is -2.23. The van der Waals surface area contributed by atoms with Gasteiger partial charge in [0.15, 0.2) is 0 Å². The van der Waals surface area contributed by atoms with Crippen molar-refractivity contribution in [2.24, 2.45) is 0 Å². The van der Waals surface area contributed by atoms with Gasteiger partial charge in [-0.2, -0.15) is 0 Å². The predicted molar refractivity (Wildman–Crippen MR) is 87.7 cm³/mol. The second-order valence-electron chi connectivity index (χ2n) is 5.59. The lowest BCUT2D eigenvalue weighted by molar-refractivity contribution is 0.0933. The number of nitrogens with zero attached hydrogens (tertiary/aromatic N) is 2. The van der Waals surface area contributed by atoms with E-state index in [4.69, 9.17) is 0 Å². The lowest BCUT2D eigenvalue weighted by atomic mass is 10.0. The van der Waals surface area contributed by atoms with Crippen LogP contribution in [0.25, 0.3) is 0 Å². The molecule has 0 aliphatic rings. The zero-order valence-corrected chi connectivity index (χ0v) is 13.5. The van der Waals surface area contributed by atoms with Crippen LogP contribution < -0.4 is 5.32 Å². The minimum atomic E-state index is -0.0569. The molecule has 2 aromatic rings. The molecule has 0 saturated carbocycles. The summed E-state index contributed by atoms with van der Waals surface area (Å²) in [5, 5.41) is 3.13. The van der Waals surface area contributed by atoms with Crippen molar-refractivity contribution in [2.75, 3.05) is 0 Å². The molecule has 1 unspecified atom stereocenters. The number of carbonyl (C=O) groups excluding carboxylic acids is 1. The highest BCUT2D eigenvalue weighted by Crippen LogP contribution is 2.19. The Morgan fingerprint density at radius 1 is 1.27 bits per heavy atom. The number of aromatic nitrogens is 2. The van der Waals surface area contributed by atoms with E-state index in [1.165, 1.54) is 0 Å². The molecule has 1 amide bonds. The van der Waals surface area contributed by atoms with Crippen LogP contribution in [0.15, 0.2) is 36.7 Å². The molecule has 0 bridgehead atoms. The molecular formula is C18H23N3O. The van der Waals surface area contributed by atoms with Gasteiger partial charge in [-0.05, 0) is 44.0 Å². The highest BCUT2D eigenvalue weighted by atomic mass is 16.1. The molecule has 0 aliphatic heterocycles. The number of unbranched alkanes of at least 4 members (excludes halogenated alkanes) is 1. The topological polar surface area (TPSA) is 54.9 Å². The highest BCUT2D eigenvalue weighted by Gasteiger charge is 2.16. The van der Waals surface area contributed by atoms with Crippen molar-refractivity contribution in [1.29, 1.82) is 0 Å². The van der Waals surface area contributed by atoms with Gasteiger partial charge in [-0.15, -0.1) is 0 Å². The molecule has 2 aromatic heterocycles. The first kappa shape index (κ1) is 16.1. The molecule has 22 heavy (non-hydrogen) atoms. The molecular weight excluding hydrogens is 274 g/mol. The molecule has 0 radical (unpaired) electrons. The summed E-state index contributed by atoms with van der Waals surface area (Å²) in [6.45, 7) is 5.95. The second-order valence-corrected chi connectivity index (χ2v) is 5.59. The fourth-order valence-electron chi connectivity index (χ4n) is 2.52. The molecule has 4 heteroatoms. The van der Waals surface area contributed by atoms with Crippen LogP contribution in [-0.4, -0.2) is 15.9 Å². The average molecular weight is 297 g/mol. The van der Waals surface area contributed by atoms with Crippen LogP contribution in [0.3, 0.4) is 0 Å². The molecule has 1 N–H and O–H groups in total. The maximum atomic E-state index is 12.5. The van der Waals surface area contributed by atoms with Gasteiger partial charge in [-0.25, -0.2) is 0 Å². The van der Waals surface area contributed by atoms with Crippen LogP contribution in [-0.2, 0) is 0 Å². The fourth-order valence-corrected chi connectivity index (χ4v) is 2.52. The molecule has 0 aliphatic carbocycles. The molecule has 2 rings (SSSR count). The number of amides is 1. The maximum absolute atomic E-state index is 12.5. The van der Waals surface area contributed by atoms with Crippen LogP contribution >= 0.6 is 0 Å². The van der Waals surface area contributed by atoms with Crippen LogP contribution in [0, 0.1) is 13.8 Å². The summed E-state index contributed by atoms with van der Waals surface area (Å²) in [4.78, 5) is 21.0. The van der Waals surface area contributed by atoms with E-state index in [1.807, 2.05) is 44.3 Å². The second kappa shape index (κ2) is 7.69. The van der Waals surface area contributed by atoms with E-state index in [9.17, 15) is 4.79 Å². The zero-order valence-electron chi connectivity index (χ0n) is 13.5. The largest absolute Gasteiger partial charge is 0.345 e. The summed E-state index contributed by atoms with van der Waals surface area (Å²) in [5.41, 5.74) is 3.43. The van der Waals surface area contributed by atoms with Gasteiger partial charge in [0.05, 0.1) is 6.04 Å². The first-order valence-corrected chi connectivity index (χ1v) is 7.76. The minimum Gasteiger partial charge on any atom is -0.345 e. The van der Waals surface area contributed by atoms with Gasteiger partial charge in [0.1, 0.15) is 0 Å². The molecule has 4 nitrogen and oxygen atoms in total. The molecule has 116 valence electrons. The molecule has 0 saturated heterocycles. The number of aryl methyl sites for hydroxylation is 2. The smallest absolute Gasteiger partial charge is 0.251 e. The van der Waals surface area contributed by atoms with Crippen molar-refractivity contribution in [3.63, 3.8) is 0 Å². The zero-order chi connectivity index (χ0) is 15.9. The molecule has 2 heterocycles. The van der Waals surface area contributed by atoms with E-state index < -0.39 is 0 Å². The quantitative estimate of drug-likeness (QED) is 0.883. The Balaban J connectivity index is 2.17. The van der Waals surface area contributed by atoms with Crippen molar-refractivity contribution in [1.82, 2.24) is 15.3 Å². The lowest BCUT2D eigenvalue weighted by Gasteiger charge is -2.19. The van der Waals surface area contributed by atoms with Gasteiger partial charge in [0, 0.05) is 29.3 Å². The Kier molecular flexibility index (Phi) is 5.64. The van der Waals surface area contributed by atoms with Gasteiger partial charge in [-0.1, -0.05) is 25.8 Å². The number of nitrogens with one attached hydrogen (secondary N) is 1. The van der Waals surface area contributed by atoms with Gasteiger partial charge in [0.25, 0.3) is 5.91 Å². The first-order valence-electron chi connectivity index (χ1n) is 7.76. The summed E-state index contributed by atoms with van der Waals surface area (Å²) in [5.74, 6) is -0.0569. The van der Waals surface area contributed by atoms with Crippen LogP contribution in [0.1, 0.15) is 59.5 Å². The minimum absolute atomic E-state index is 0.00470. The van der Waals surface area contributed by atoms with Gasteiger partial charge < -0.3 is 5.32 Å². The standard InChI is InChI=1S/C18H23N3O/c1-4-5-8-17(15-7-6-9-19-12-15)21-18(22)16-10-13(2)20-14(3)11-16/h6-7,9-12,17H,4-5,8H2,1-3H3,(H,21,22). The number of rotatable bonds is 6. The Bertz CT molecular complexity index is 605. The molecule has 1 atom stereocenters. The average Bonchev–Trinajstić information content (AvgIpc) is 2.51. The normalized spacial score (nSPS) is 12.0. The lowest BCUT2D eigenvalue weighted by Crippen LogP contribution is -2.29. The molecule has 0 spiro atoms. The Labute approximate surface area is 132 Å². The maximum Gasteiger partial charge on any atom is 0.251 e. The fraction of sp³-hybridized carbons (Fsp3) is 0.389. The summed E-state index contributed by atoms with van der Waals surface area (Å²) < 4.78 is 0. The van der Waals surface area contributed by atoms with Crippen molar-refractivity contribution in [2.45, 2.75) is 46.1 Å². The van der Waals surface area contributed by atoms with E-state index in [1.54, 1.807) is 6.20 Å². The number of hydrogen-bond donors (Lipinski definition) is 1. The highest BCUT2D eigenvalue weighted by molar-refractivity contribution is 5.94. The third-order valence-corrected chi connectivity index (χ3v) is 3.58. The third kappa shape index (κ3) is 4.38. The van der Waals surface area contributed by atoms with Crippen molar-refractivity contribution < 1.29 is 4.79 Å². The summed E-state index contributed by atoms with van der Waals surface area (Å²) in [6, 6.07) is 7.55.